The number of carbonyl (C=O) groups excluding carboxylic acids is 2. The number of nitrogens with zero attached hydrogens (tertiary/aromatic N) is 1. The third kappa shape index (κ3) is 4.98. The maximum Gasteiger partial charge on any atom is 0.325 e. The summed E-state index contributed by atoms with van der Waals surface area (Å²) in [5.74, 6) is -1.05. The Morgan fingerprint density at radius 1 is 1.12 bits per heavy atom. The molecule has 5 nitrogen and oxygen atoms in total. The van der Waals surface area contributed by atoms with Gasteiger partial charge in [0, 0.05) is 5.56 Å². The Morgan fingerprint density at radius 3 is 2.62 bits per heavy atom. The van der Waals surface area contributed by atoms with Gasteiger partial charge in [-0.05, 0) is 35.9 Å². The predicted molar refractivity (Wildman–Crippen MR) is 89.7 cm³/mol. The number of esters is 1. The number of nitriles is 1. The summed E-state index contributed by atoms with van der Waals surface area (Å²) in [6.07, 6.45) is 0. The summed E-state index contributed by atoms with van der Waals surface area (Å²) in [5, 5.41) is 11.8. The van der Waals surface area contributed by atoms with Crippen LogP contribution in [0.5, 0.6) is 0 Å². The van der Waals surface area contributed by atoms with Crippen LogP contribution in [-0.2, 0) is 16.1 Å². The number of ether oxygens (including phenoxy) is 1. The summed E-state index contributed by atoms with van der Waals surface area (Å²) in [5.41, 5.74) is 1.47. The van der Waals surface area contributed by atoms with E-state index in [1.54, 1.807) is 24.3 Å². The molecule has 0 aromatic heterocycles. The van der Waals surface area contributed by atoms with E-state index in [0.717, 1.165) is 0 Å². The normalized spacial score (nSPS) is 9.88. The number of amides is 1. The average Bonchev–Trinajstić information content (AvgIpc) is 2.60. The van der Waals surface area contributed by atoms with Gasteiger partial charge in [0.05, 0.1) is 21.7 Å². The molecule has 0 heterocycles. The lowest BCUT2D eigenvalue weighted by atomic mass is 10.1. The minimum Gasteiger partial charge on any atom is -0.460 e. The highest BCUT2D eigenvalue weighted by Gasteiger charge is 2.10. The first-order valence-corrected chi connectivity index (χ1v) is 7.63. The molecule has 0 spiro atoms. The van der Waals surface area contributed by atoms with E-state index in [1.807, 2.05) is 6.07 Å². The van der Waals surface area contributed by atoms with Gasteiger partial charge in [-0.3, -0.25) is 9.59 Å². The quantitative estimate of drug-likeness (QED) is 0.827. The molecule has 0 saturated heterocycles. The van der Waals surface area contributed by atoms with Crippen molar-refractivity contribution in [2.24, 2.45) is 0 Å². The number of rotatable bonds is 5. The van der Waals surface area contributed by atoms with Gasteiger partial charge in [-0.25, -0.2) is 0 Å². The van der Waals surface area contributed by atoms with E-state index >= 15 is 0 Å². The minimum absolute atomic E-state index is 0.0248. The summed E-state index contributed by atoms with van der Waals surface area (Å²) < 4.78 is 5.05. The zero-order valence-electron chi connectivity index (χ0n) is 12.4. The van der Waals surface area contributed by atoms with Gasteiger partial charge in [0.1, 0.15) is 13.2 Å². The molecule has 2 aromatic carbocycles. The zero-order valence-corrected chi connectivity index (χ0v) is 13.9. The highest BCUT2D eigenvalue weighted by Crippen LogP contribution is 2.22. The molecule has 0 saturated carbocycles. The lowest BCUT2D eigenvalue weighted by Crippen LogP contribution is -2.30. The number of hydrogen-bond donors (Lipinski definition) is 1. The molecule has 0 aliphatic heterocycles. The maximum atomic E-state index is 11.9. The monoisotopic (exact) mass is 362 g/mol. The molecule has 24 heavy (non-hydrogen) atoms. The Hall–Kier alpha value is -2.55. The van der Waals surface area contributed by atoms with Crippen LogP contribution >= 0.6 is 23.2 Å². The molecule has 0 aliphatic carbocycles. The van der Waals surface area contributed by atoms with Crippen LogP contribution in [0.1, 0.15) is 21.5 Å². The molecule has 0 bridgehead atoms. The van der Waals surface area contributed by atoms with Crippen molar-refractivity contribution in [2.45, 2.75) is 6.61 Å². The smallest absolute Gasteiger partial charge is 0.325 e. The summed E-state index contributed by atoms with van der Waals surface area (Å²) in [6, 6.07) is 13.1. The first-order chi connectivity index (χ1) is 11.5. The topological polar surface area (TPSA) is 79.2 Å². The standard InChI is InChI=1S/C17H12Cl2N2O3/c18-14-5-4-13(7-15(14)19)17(23)21-9-16(22)24-10-12-3-1-2-11(6-12)8-20/h1-7H,9-10H2,(H,21,23). The predicted octanol–water partition coefficient (Wildman–Crippen LogP) is 3.34. The Labute approximate surface area is 148 Å². The second kappa shape index (κ2) is 8.34. The Balaban J connectivity index is 1.83. The summed E-state index contributed by atoms with van der Waals surface area (Å²) in [6.45, 7) is -0.256. The minimum atomic E-state index is -0.592. The fourth-order valence-electron chi connectivity index (χ4n) is 1.84. The van der Waals surface area contributed by atoms with E-state index in [0.29, 0.717) is 21.7 Å². The van der Waals surface area contributed by atoms with Crippen LogP contribution in [0.15, 0.2) is 42.5 Å². The van der Waals surface area contributed by atoms with Crippen molar-refractivity contribution in [3.8, 4) is 6.07 Å². The van der Waals surface area contributed by atoms with Crippen LogP contribution in [0.25, 0.3) is 0 Å². The van der Waals surface area contributed by atoms with E-state index in [-0.39, 0.29) is 18.2 Å². The molecule has 1 amide bonds. The van der Waals surface area contributed by atoms with Gasteiger partial charge in [0.15, 0.2) is 0 Å². The van der Waals surface area contributed by atoms with Crippen LogP contribution in [0.4, 0.5) is 0 Å². The van der Waals surface area contributed by atoms with Crippen LogP contribution in [0.3, 0.4) is 0 Å². The third-order valence-corrected chi connectivity index (χ3v) is 3.77. The number of nitrogens with one attached hydrogen (secondary N) is 1. The van der Waals surface area contributed by atoms with Gasteiger partial charge in [-0.15, -0.1) is 0 Å². The lowest BCUT2D eigenvalue weighted by molar-refractivity contribution is -0.143. The van der Waals surface area contributed by atoms with Gasteiger partial charge < -0.3 is 10.1 Å². The van der Waals surface area contributed by atoms with E-state index in [4.69, 9.17) is 33.2 Å². The van der Waals surface area contributed by atoms with E-state index in [9.17, 15) is 9.59 Å². The van der Waals surface area contributed by atoms with Gasteiger partial charge >= 0.3 is 5.97 Å². The highest BCUT2D eigenvalue weighted by atomic mass is 35.5. The maximum absolute atomic E-state index is 11.9. The fourth-order valence-corrected chi connectivity index (χ4v) is 2.14. The van der Waals surface area contributed by atoms with Gasteiger partial charge in [-0.2, -0.15) is 5.26 Å². The molecular weight excluding hydrogens is 351 g/mol. The van der Waals surface area contributed by atoms with Crippen molar-refractivity contribution >= 4 is 35.1 Å². The summed E-state index contributed by atoms with van der Waals surface area (Å²) in [7, 11) is 0. The van der Waals surface area contributed by atoms with Crippen molar-refractivity contribution in [1.82, 2.24) is 5.32 Å². The van der Waals surface area contributed by atoms with Gasteiger partial charge in [-0.1, -0.05) is 35.3 Å². The third-order valence-electron chi connectivity index (χ3n) is 3.03. The SMILES string of the molecule is N#Cc1cccc(COC(=O)CNC(=O)c2ccc(Cl)c(Cl)c2)c1. The largest absolute Gasteiger partial charge is 0.460 e. The van der Waals surface area contributed by atoms with Crippen LogP contribution in [0, 0.1) is 11.3 Å². The molecule has 2 aromatic rings. The molecule has 1 N–H and O–H groups in total. The Morgan fingerprint density at radius 2 is 1.92 bits per heavy atom. The fraction of sp³-hybridized carbons (Fsp3) is 0.118. The van der Waals surface area contributed by atoms with Crippen molar-refractivity contribution in [2.75, 3.05) is 6.54 Å². The number of benzene rings is 2. The van der Waals surface area contributed by atoms with E-state index in [2.05, 4.69) is 5.32 Å². The van der Waals surface area contributed by atoms with Crippen molar-refractivity contribution in [1.29, 1.82) is 5.26 Å². The molecule has 0 unspecified atom stereocenters. The van der Waals surface area contributed by atoms with Crippen LogP contribution in [0.2, 0.25) is 10.0 Å². The second-order valence-electron chi connectivity index (χ2n) is 4.78. The number of halogens is 2. The first-order valence-electron chi connectivity index (χ1n) is 6.87. The molecule has 2 rings (SSSR count). The summed E-state index contributed by atoms with van der Waals surface area (Å²) >= 11 is 11.6. The van der Waals surface area contributed by atoms with E-state index < -0.39 is 11.9 Å². The van der Waals surface area contributed by atoms with Crippen LogP contribution < -0.4 is 5.32 Å². The van der Waals surface area contributed by atoms with Crippen molar-refractivity contribution in [3.05, 3.63) is 69.2 Å². The average molecular weight is 363 g/mol. The van der Waals surface area contributed by atoms with E-state index in [1.165, 1.54) is 18.2 Å². The summed E-state index contributed by atoms with van der Waals surface area (Å²) in [4.78, 5) is 23.6. The van der Waals surface area contributed by atoms with Crippen molar-refractivity contribution in [3.63, 3.8) is 0 Å². The lowest BCUT2D eigenvalue weighted by Gasteiger charge is -2.07. The van der Waals surface area contributed by atoms with Gasteiger partial charge in [0.2, 0.25) is 0 Å². The molecule has 0 radical (unpaired) electrons. The van der Waals surface area contributed by atoms with Gasteiger partial charge in [0.25, 0.3) is 5.91 Å². The zero-order chi connectivity index (χ0) is 17.5. The number of carbonyl (C=O) groups is 2. The molecule has 0 aliphatic rings. The molecule has 0 fully saturated rings. The molecular formula is C17H12Cl2N2O3. The first kappa shape index (κ1) is 17.8. The Bertz CT molecular complexity index is 816. The molecule has 7 heteroatoms. The molecule has 0 atom stereocenters. The second-order valence-corrected chi connectivity index (χ2v) is 5.60. The molecule has 122 valence electrons. The highest BCUT2D eigenvalue weighted by molar-refractivity contribution is 6.42. The Kier molecular flexibility index (Phi) is 6.19. The van der Waals surface area contributed by atoms with Crippen LogP contribution in [-0.4, -0.2) is 18.4 Å². The van der Waals surface area contributed by atoms with Crippen molar-refractivity contribution < 1.29 is 14.3 Å². The number of hydrogen-bond acceptors (Lipinski definition) is 4.